The second kappa shape index (κ2) is 46.5. The quantitative estimate of drug-likeness (QED) is 0.0265. The summed E-state index contributed by atoms with van der Waals surface area (Å²) in [5.41, 5.74) is 5.36. The van der Waals surface area contributed by atoms with E-state index >= 15 is 0 Å². The fourth-order valence-electron chi connectivity index (χ4n) is 6.80. The second-order valence-electron chi connectivity index (χ2n) is 16.3. The van der Waals surface area contributed by atoms with Crippen LogP contribution in [0.2, 0.25) is 0 Å². The standard InChI is InChI=1S/C50H92NO8P/c1-3-5-7-9-11-13-15-17-19-21-22-23-24-25-27-29-31-33-35-37-39-41-43-50(53)59-48(47-58-60(54,55)57-45-44-51)46-56-49(52)42-40-38-36-34-32-30-28-26-20-18-16-14-12-10-8-6-4-2/h12,14,18,20,28,30,34,36,48H,3-11,13,15-17,19,21-27,29,31-33,35,37-47,51H2,1-2H3,(H,54,55)/b14-12+,20-18+,30-28+,36-34+/t48-/m1/s1. The third-order valence-electron chi connectivity index (χ3n) is 10.5. The number of ether oxygens (including phenoxy) is 2. The first-order valence-corrected chi connectivity index (χ1v) is 26.1. The molecule has 0 amide bonds. The van der Waals surface area contributed by atoms with Crippen LogP contribution in [0, 0.1) is 0 Å². The molecule has 0 fully saturated rings. The first kappa shape index (κ1) is 58.0. The van der Waals surface area contributed by atoms with Crippen LogP contribution in [-0.2, 0) is 32.7 Å². The van der Waals surface area contributed by atoms with Gasteiger partial charge in [-0.05, 0) is 51.4 Å². The Morgan fingerprint density at radius 3 is 1.33 bits per heavy atom. The fourth-order valence-corrected chi connectivity index (χ4v) is 7.57. The van der Waals surface area contributed by atoms with Crippen molar-refractivity contribution in [2.75, 3.05) is 26.4 Å². The molecule has 0 rings (SSSR count). The first-order chi connectivity index (χ1) is 29.3. The summed E-state index contributed by atoms with van der Waals surface area (Å²) in [4.78, 5) is 35.0. The maximum absolute atomic E-state index is 12.6. The lowest BCUT2D eigenvalue weighted by Crippen LogP contribution is -2.29. The van der Waals surface area contributed by atoms with E-state index in [1.165, 1.54) is 141 Å². The maximum Gasteiger partial charge on any atom is 0.472 e. The van der Waals surface area contributed by atoms with Gasteiger partial charge in [0.05, 0.1) is 13.2 Å². The summed E-state index contributed by atoms with van der Waals surface area (Å²) in [7, 11) is -4.39. The topological polar surface area (TPSA) is 134 Å². The van der Waals surface area contributed by atoms with Crippen molar-refractivity contribution < 1.29 is 37.6 Å². The molecule has 10 heteroatoms. The highest BCUT2D eigenvalue weighted by Crippen LogP contribution is 2.43. The van der Waals surface area contributed by atoms with Crippen molar-refractivity contribution in [2.24, 2.45) is 5.73 Å². The van der Waals surface area contributed by atoms with Crippen molar-refractivity contribution in [3.05, 3.63) is 48.6 Å². The number of hydrogen-bond acceptors (Lipinski definition) is 8. The van der Waals surface area contributed by atoms with Gasteiger partial charge in [-0.1, -0.05) is 210 Å². The molecule has 60 heavy (non-hydrogen) atoms. The van der Waals surface area contributed by atoms with Gasteiger partial charge in [0.2, 0.25) is 0 Å². The van der Waals surface area contributed by atoms with Crippen LogP contribution in [0.25, 0.3) is 0 Å². The van der Waals surface area contributed by atoms with Crippen molar-refractivity contribution >= 4 is 19.8 Å². The van der Waals surface area contributed by atoms with Gasteiger partial charge in [0.15, 0.2) is 6.10 Å². The van der Waals surface area contributed by atoms with Crippen LogP contribution in [0.1, 0.15) is 226 Å². The van der Waals surface area contributed by atoms with Gasteiger partial charge in [-0.2, -0.15) is 0 Å². The molecule has 0 spiro atoms. The lowest BCUT2D eigenvalue weighted by Gasteiger charge is -2.19. The molecule has 350 valence electrons. The van der Waals surface area contributed by atoms with Crippen LogP contribution in [0.4, 0.5) is 0 Å². The Bertz CT molecular complexity index is 1120. The molecule has 0 saturated carbocycles. The van der Waals surface area contributed by atoms with Gasteiger partial charge in [-0.3, -0.25) is 18.6 Å². The van der Waals surface area contributed by atoms with E-state index in [2.05, 4.69) is 62.5 Å². The normalized spacial score (nSPS) is 13.6. The number of esters is 2. The van der Waals surface area contributed by atoms with Crippen LogP contribution in [-0.4, -0.2) is 49.3 Å². The van der Waals surface area contributed by atoms with Crippen LogP contribution < -0.4 is 5.73 Å². The number of rotatable bonds is 46. The lowest BCUT2D eigenvalue weighted by molar-refractivity contribution is -0.161. The Balaban J connectivity index is 4.11. The first-order valence-electron chi connectivity index (χ1n) is 24.6. The smallest absolute Gasteiger partial charge is 0.462 e. The molecular weight excluding hydrogens is 774 g/mol. The molecule has 0 aromatic heterocycles. The van der Waals surface area contributed by atoms with Gasteiger partial charge in [-0.25, -0.2) is 4.57 Å². The second-order valence-corrected chi connectivity index (χ2v) is 17.8. The Kier molecular flexibility index (Phi) is 44.9. The third-order valence-corrected chi connectivity index (χ3v) is 11.5. The van der Waals surface area contributed by atoms with Crippen LogP contribution in [0.3, 0.4) is 0 Å². The maximum atomic E-state index is 12.6. The van der Waals surface area contributed by atoms with E-state index in [0.717, 1.165) is 44.9 Å². The molecule has 2 atom stereocenters. The minimum atomic E-state index is -4.39. The Hall–Kier alpha value is -2.03. The highest BCUT2D eigenvalue weighted by atomic mass is 31.2. The van der Waals surface area contributed by atoms with Gasteiger partial charge < -0.3 is 20.1 Å². The van der Waals surface area contributed by atoms with Crippen molar-refractivity contribution in [1.29, 1.82) is 0 Å². The minimum absolute atomic E-state index is 0.0462. The van der Waals surface area contributed by atoms with E-state index in [9.17, 15) is 19.0 Å². The summed E-state index contributed by atoms with van der Waals surface area (Å²) in [6, 6.07) is 0. The SMILES string of the molecule is CCCCC/C=C/C/C=C/C/C=C/C/C=C/CCCC(=O)OC[C@H](COP(=O)(O)OCCN)OC(=O)CCCCCCCCCCCCCCCCCCCCCCCC. The van der Waals surface area contributed by atoms with Crippen LogP contribution in [0.15, 0.2) is 48.6 Å². The zero-order valence-corrected chi connectivity index (χ0v) is 39.6. The molecular formula is C50H92NO8P. The predicted octanol–water partition coefficient (Wildman–Crippen LogP) is 14.7. The van der Waals surface area contributed by atoms with Crippen molar-refractivity contribution in [3.63, 3.8) is 0 Å². The zero-order valence-electron chi connectivity index (χ0n) is 38.7. The third kappa shape index (κ3) is 45.5. The number of hydrogen-bond donors (Lipinski definition) is 2. The number of phosphoric ester groups is 1. The molecule has 0 aliphatic heterocycles. The van der Waals surface area contributed by atoms with Gasteiger partial charge in [0.25, 0.3) is 0 Å². The van der Waals surface area contributed by atoms with E-state index in [-0.39, 0.29) is 32.6 Å². The molecule has 0 heterocycles. The van der Waals surface area contributed by atoms with E-state index in [4.69, 9.17) is 24.3 Å². The Morgan fingerprint density at radius 2 is 0.883 bits per heavy atom. The van der Waals surface area contributed by atoms with Crippen LogP contribution >= 0.6 is 7.82 Å². The molecule has 1 unspecified atom stereocenters. The number of phosphoric acid groups is 1. The summed E-state index contributed by atoms with van der Waals surface area (Å²) in [5, 5.41) is 0. The van der Waals surface area contributed by atoms with Gasteiger partial charge in [0, 0.05) is 19.4 Å². The molecule has 0 radical (unpaired) electrons. The number of unbranched alkanes of at least 4 members (excludes halogenated alkanes) is 25. The molecule has 0 aliphatic rings. The average molecular weight is 866 g/mol. The summed E-state index contributed by atoms with van der Waals surface area (Å²) >= 11 is 0. The number of allylic oxidation sites excluding steroid dienone is 8. The molecule has 0 bridgehead atoms. The molecule has 9 nitrogen and oxygen atoms in total. The fraction of sp³-hybridized carbons (Fsp3) is 0.800. The van der Waals surface area contributed by atoms with Gasteiger partial charge >= 0.3 is 19.8 Å². The highest BCUT2D eigenvalue weighted by molar-refractivity contribution is 7.47. The summed E-state index contributed by atoms with van der Waals surface area (Å²) in [6.07, 6.45) is 54.4. The predicted molar refractivity (Wildman–Crippen MR) is 252 cm³/mol. The minimum Gasteiger partial charge on any atom is -0.462 e. The van der Waals surface area contributed by atoms with Crippen molar-refractivity contribution in [2.45, 2.75) is 232 Å². The average Bonchev–Trinajstić information content (AvgIpc) is 3.24. The van der Waals surface area contributed by atoms with E-state index in [1.807, 2.05) is 0 Å². The largest absolute Gasteiger partial charge is 0.472 e. The molecule has 0 saturated heterocycles. The molecule has 0 aromatic rings. The van der Waals surface area contributed by atoms with Gasteiger partial charge in [-0.15, -0.1) is 0 Å². The highest BCUT2D eigenvalue weighted by Gasteiger charge is 2.26. The molecule has 3 N–H and O–H groups in total. The lowest BCUT2D eigenvalue weighted by atomic mass is 10.0. The Labute approximate surface area is 368 Å². The van der Waals surface area contributed by atoms with E-state index in [1.54, 1.807) is 0 Å². The summed E-state index contributed by atoms with van der Waals surface area (Å²) in [6.45, 7) is 3.67. The van der Waals surface area contributed by atoms with E-state index < -0.39 is 32.5 Å². The Morgan fingerprint density at radius 1 is 0.500 bits per heavy atom. The van der Waals surface area contributed by atoms with Crippen LogP contribution in [0.5, 0.6) is 0 Å². The summed E-state index contributed by atoms with van der Waals surface area (Å²) < 4.78 is 32.8. The van der Waals surface area contributed by atoms with E-state index in [0.29, 0.717) is 12.8 Å². The number of nitrogens with two attached hydrogens (primary N) is 1. The number of carbonyl (C=O) groups excluding carboxylic acids is 2. The van der Waals surface area contributed by atoms with Crippen molar-refractivity contribution in [1.82, 2.24) is 0 Å². The molecule has 0 aromatic carbocycles. The monoisotopic (exact) mass is 866 g/mol. The molecule has 0 aliphatic carbocycles. The number of carbonyl (C=O) groups is 2. The van der Waals surface area contributed by atoms with Crippen molar-refractivity contribution in [3.8, 4) is 0 Å². The zero-order chi connectivity index (χ0) is 43.9. The summed E-state index contributed by atoms with van der Waals surface area (Å²) in [5.74, 6) is -0.887. The van der Waals surface area contributed by atoms with Gasteiger partial charge in [0.1, 0.15) is 6.61 Å².